The molecule has 0 unspecified atom stereocenters. The number of guanidine groups is 1. The molecule has 0 aliphatic rings. The van der Waals surface area contributed by atoms with Gasteiger partial charge in [-0.2, -0.15) is 0 Å². The van der Waals surface area contributed by atoms with Crippen molar-refractivity contribution in [2.45, 2.75) is 20.3 Å². The van der Waals surface area contributed by atoms with Crippen LogP contribution in [0.15, 0.2) is 10.4 Å². The Morgan fingerprint density at radius 2 is 2.00 bits per heavy atom. The molecule has 0 saturated heterocycles. The molecular weight excluding hydrogens is 437 g/mol. The highest BCUT2D eigenvalue weighted by atomic mass is 127. The van der Waals surface area contributed by atoms with Crippen LogP contribution >= 0.6 is 35.3 Å². The zero-order valence-corrected chi connectivity index (χ0v) is 17.0. The van der Waals surface area contributed by atoms with Gasteiger partial charge in [0.2, 0.25) is 10.0 Å². The Labute approximate surface area is 153 Å². The molecule has 0 bridgehead atoms. The van der Waals surface area contributed by atoms with Crippen LogP contribution in [0.1, 0.15) is 17.6 Å². The first-order valence-corrected chi connectivity index (χ1v) is 9.33. The minimum atomic E-state index is -3.13. The van der Waals surface area contributed by atoms with Crippen molar-refractivity contribution in [2.24, 2.45) is 4.99 Å². The van der Waals surface area contributed by atoms with Crippen LogP contribution in [0.2, 0.25) is 0 Å². The van der Waals surface area contributed by atoms with Crippen molar-refractivity contribution in [2.75, 3.05) is 32.4 Å². The van der Waals surface area contributed by atoms with Gasteiger partial charge < -0.3 is 10.6 Å². The van der Waals surface area contributed by atoms with Crippen molar-refractivity contribution in [3.63, 3.8) is 0 Å². The number of aromatic nitrogens is 1. The van der Waals surface area contributed by atoms with E-state index in [2.05, 4.69) is 25.3 Å². The number of hydrogen-bond donors (Lipinski definition) is 3. The first-order valence-electron chi connectivity index (χ1n) is 6.79. The third-order valence-electron chi connectivity index (χ3n) is 2.68. The Kier molecular flexibility index (Phi) is 10.9. The van der Waals surface area contributed by atoms with Gasteiger partial charge in [-0.1, -0.05) is 0 Å². The van der Waals surface area contributed by atoms with Gasteiger partial charge in [-0.25, -0.2) is 18.1 Å². The lowest BCUT2D eigenvalue weighted by Crippen LogP contribution is -2.42. The van der Waals surface area contributed by atoms with Gasteiger partial charge in [-0.3, -0.25) is 4.99 Å². The van der Waals surface area contributed by atoms with E-state index in [0.717, 1.165) is 23.7 Å². The van der Waals surface area contributed by atoms with Crippen molar-refractivity contribution in [3.8, 4) is 0 Å². The summed E-state index contributed by atoms with van der Waals surface area (Å²) in [6.45, 7) is 5.14. The second kappa shape index (κ2) is 11.1. The van der Waals surface area contributed by atoms with Gasteiger partial charge in [0, 0.05) is 38.5 Å². The molecule has 0 spiro atoms. The number of hydrogen-bond acceptors (Lipinski definition) is 5. The molecule has 0 aromatic carbocycles. The van der Waals surface area contributed by atoms with Gasteiger partial charge in [0.15, 0.2) is 5.96 Å². The van der Waals surface area contributed by atoms with Gasteiger partial charge in [-0.15, -0.1) is 35.3 Å². The van der Waals surface area contributed by atoms with E-state index in [9.17, 15) is 8.42 Å². The molecule has 1 rings (SSSR count). The fourth-order valence-corrected chi connectivity index (χ4v) is 2.81. The van der Waals surface area contributed by atoms with Crippen molar-refractivity contribution >= 4 is 51.3 Å². The number of rotatable bonds is 8. The third-order valence-corrected chi connectivity index (χ3v) is 4.91. The minimum absolute atomic E-state index is 0. The molecule has 1 aromatic heterocycles. The molecule has 1 heterocycles. The number of halogens is 1. The molecule has 0 aliphatic carbocycles. The van der Waals surface area contributed by atoms with E-state index in [4.69, 9.17) is 0 Å². The van der Waals surface area contributed by atoms with Crippen LogP contribution in [0.5, 0.6) is 0 Å². The van der Waals surface area contributed by atoms with E-state index in [1.165, 1.54) is 0 Å². The summed E-state index contributed by atoms with van der Waals surface area (Å²) in [4.78, 5) is 8.46. The topological polar surface area (TPSA) is 95.5 Å². The monoisotopic (exact) mass is 461 g/mol. The van der Waals surface area contributed by atoms with Crippen LogP contribution in [-0.2, 0) is 16.4 Å². The quantitative estimate of drug-likeness (QED) is 0.230. The van der Waals surface area contributed by atoms with E-state index >= 15 is 0 Å². The first kappa shape index (κ1) is 21.5. The second-order valence-corrected chi connectivity index (χ2v) is 7.49. The lowest BCUT2D eigenvalue weighted by Gasteiger charge is -2.11. The van der Waals surface area contributed by atoms with Crippen molar-refractivity contribution in [3.05, 3.63) is 16.1 Å². The Bertz CT molecular complexity index is 560. The minimum Gasteiger partial charge on any atom is -0.356 e. The second-order valence-electron chi connectivity index (χ2n) is 4.33. The normalized spacial score (nSPS) is 11.9. The Morgan fingerprint density at radius 3 is 2.55 bits per heavy atom. The summed E-state index contributed by atoms with van der Waals surface area (Å²) in [5.74, 6) is 0.741. The van der Waals surface area contributed by atoms with Gasteiger partial charge in [0.25, 0.3) is 0 Å². The summed E-state index contributed by atoms with van der Waals surface area (Å²) in [7, 11) is -1.45. The van der Waals surface area contributed by atoms with Gasteiger partial charge in [0.1, 0.15) is 0 Å². The number of nitrogens with one attached hydrogen (secondary N) is 3. The molecule has 22 heavy (non-hydrogen) atoms. The average Bonchev–Trinajstić information content (AvgIpc) is 2.87. The van der Waals surface area contributed by atoms with Crippen LogP contribution in [0.25, 0.3) is 0 Å². The van der Waals surface area contributed by atoms with E-state index in [-0.39, 0.29) is 29.7 Å². The van der Waals surface area contributed by atoms with Gasteiger partial charge in [-0.05, 0) is 13.8 Å². The number of aryl methyl sites for hydroxylation is 1. The Morgan fingerprint density at radius 1 is 1.32 bits per heavy atom. The number of sulfonamides is 1. The molecule has 0 atom stereocenters. The third kappa shape index (κ3) is 8.86. The molecule has 128 valence electrons. The van der Waals surface area contributed by atoms with Crippen molar-refractivity contribution in [1.29, 1.82) is 0 Å². The largest absolute Gasteiger partial charge is 0.356 e. The van der Waals surface area contributed by atoms with Gasteiger partial charge in [0.05, 0.1) is 16.5 Å². The summed E-state index contributed by atoms with van der Waals surface area (Å²) < 4.78 is 25.0. The Balaban J connectivity index is 0.00000441. The van der Waals surface area contributed by atoms with Crippen LogP contribution in [-0.4, -0.2) is 51.8 Å². The average molecular weight is 461 g/mol. The van der Waals surface area contributed by atoms with Crippen LogP contribution in [0, 0.1) is 6.92 Å². The summed E-state index contributed by atoms with van der Waals surface area (Å²) in [6, 6.07) is 0. The lowest BCUT2D eigenvalue weighted by molar-refractivity contribution is 0.582. The summed E-state index contributed by atoms with van der Waals surface area (Å²) >= 11 is 1.64. The fourth-order valence-electron chi connectivity index (χ4n) is 1.54. The zero-order chi connectivity index (χ0) is 15.7. The van der Waals surface area contributed by atoms with E-state index in [1.807, 2.05) is 12.3 Å². The molecule has 1 aromatic rings. The SMILES string of the molecule is CCS(=O)(=O)NCCNC(=NC)NCCc1csc(C)n1.I. The fraction of sp³-hybridized carbons (Fsp3) is 0.667. The molecule has 10 heteroatoms. The maximum atomic E-state index is 11.3. The predicted octanol–water partition coefficient (Wildman–Crippen LogP) is 0.716. The van der Waals surface area contributed by atoms with Crippen LogP contribution in [0.4, 0.5) is 0 Å². The van der Waals surface area contributed by atoms with E-state index in [1.54, 1.807) is 25.3 Å². The maximum Gasteiger partial charge on any atom is 0.211 e. The highest BCUT2D eigenvalue weighted by molar-refractivity contribution is 14.0. The van der Waals surface area contributed by atoms with E-state index < -0.39 is 10.0 Å². The molecule has 0 fully saturated rings. The lowest BCUT2D eigenvalue weighted by atomic mass is 10.3. The zero-order valence-electron chi connectivity index (χ0n) is 13.0. The predicted molar refractivity (Wildman–Crippen MR) is 103 cm³/mol. The molecule has 3 N–H and O–H groups in total. The maximum absolute atomic E-state index is 11.3. The molecular formula is C12H24IN5O2S2. The summed E-state index contributed by atoms with van der Waals surface area (Å²) in [5.41, 5.74) is 1.07. The Hall–Kier alpha value is -0.460. The highest BCUT2D eigenvalue weighted by Gasteiger charge is 2.05. The summed E-state index contributed by atoms with van der Waals surface area (Å²) in [6.07, 6.45) is 0.827. The van der Waals surface area contributed by atoms with Gasteiger partial charge >= 0.3 is 0 Å². The standard InChI is InChI=1S/C12H23N5O2S2.HI/c1-4-21(18,19)16-8-7-15-12(13-3)14-6-5-11-9-20-10(2)17-11;/h9,16H,4-8H2,1-3H3,(H2,13,14,15);1H. The number of aliphatic imine (C=N–C) groups is 1. The molecule has 0 aliphatic heterocycles. The van der Waals surface area contributed by atoms with Crippen molar-refractivity contribution in [1.82, 2.24) is 20.3 Å². The molecule has 7 nitrogen and oxygen atoms in total. The number of nitrogens with zero attached hydrogens (tertiary/aromatic N) is 2. The first-order chi connectivity index (χ1) is 9.96. The van der Waals surface area contributed by atoms with Crippen LogP contribution in [0.3, 0.4) is 0 Å². The highest BCUT2D eigenvalue weighted by Crippen LogP contribution is 2.07. The molecule has 0 radical (unpaired) electrons. The van der Waals surface area contributed by atoms with Crippen LogP contribution < -0.4 is 15.4 Å². The number of thiazole rings is 1. The smallest absolute Gasteiger partial charge is 0.211 e. The van der Waals surface area contributed by atoms with E-state index in [0.29, 0.717) is 19.0 Å². The molecule has 0 amide bonds. The van der Waals surface area contributed by atoms with Crippen molar-refractivity contribution < 1.29 is 8.42 Å². The summed E-state index contributed by atoms with van der Waals surface area (Å²) in [5, 5.41) is 9.33. The molecule has 0 saturated carbocycles.